The van der Waals surface area contributed by atoms with Crippen LogP contribution in [-0.2, 0) is 0 Å². The number of rotatable bonds is 1. The average Bonchev–Trinajstić information content (AvgIpc) is 2.57. The monoisotopic (exact) mass is 271 g/mol. The number of nitrogens with one attached hydrogen (secondary N) is 1. The highest BCUT2D eigenvalue weighted by Gasteiger charge is 2.06. The first-order valence-corrected chi connectivity index (χ1v) is 5.10. The van der Waals surface area contributed by atoms with Crippen molar-refractivity contribution in [2.45, 2.75) is 0 Å². The Balaban J connectivity index is 2.53. The highest BCUT2D eigenvalue weighted by molar-refractivity contribution is 9.10. The van der Waals surface area contributed by atoms with Crippen LogP contribution in [0.15, 0.2) is 28.9 Å². The van der Waals surface area contributed by atoms with Gasteiger partial charge in [-0.25, -0.2) is 0 Å². The van der Waals surface area contributed by atoms with Gasteiger partial charge in [-0.05, 0) is 28.1 Å². The zero-order valence-electron chi connectivity index (χ0n) is 7.09. The van der Waals surface area contributed by atoms with Crippen LogP contribution in [0.2, 0.25) is 5.02 Å². The summed E-state index contributed by atoms with van der Waals surface area (Å²) in [4.78, 5) is 0. The van der Waals surface area contributed by atoms with Crippen molar-refractivity contribution in [3.63, 3.8) is 0 Å². The molecular weight excluding hydrogens is 265 g/mol. The molecule has 0 bridgehead atoms. The molecule has 0 saturated heterocycles. The van der Waals surface area contributed by atoms with Crippen LogP contribution in [0.25, 0.3) is 11.3 Å². The van der Waals surface area contributed by atoms with Crippen LogP contribution in [0, 0.1) is 0 Å². The summed E-state index contributed by atoms with van der Waals surface area (Å²) in [5.74, 6) is 0. The van der Waals surface area contributed by atoms with Gasteiger partial charge in [0.2, 0.25) is 0 Å². The zero-order chi connectivity index (χ0) is 10.1. The van der Waals surface area contributed by atoms with Crippen molar-refractivity contribution in [3.05, 3.63) is 33.9 Å². The first kappa shape index (κ1) is 9.55. The molecule has 2 rings (SSSR count). The van der Waals surface area contributed by atoms with Gasteiger partial charge in [-0.3, -0.25) is 5.10 Å². The summed E-state index contributed by atoms with van der Waals surface area (Å²) in [5.41, 5.74) is 8.04. The van der Waals surface area contributed by atoms with E-state index in [0.717, 1.165) is 15.7 Å². The normalized spacial score (nSPS) is 10.4. The van der Waals surface area contributed by atoms with Gasteiger partial charge in [-0.15, -0.1) is 0 Å². The molecule has 2 aromatic rings. The smallest absolute Gasteiger partial charge is 0.0880 e. The lowest BCUT2D eigenvalue weighted by Gasteiger charge is -2.01. The van der Waals surface area contributed by atoms with Crippen molar-refractivity contribution in [2.75, 3.05) is 5.73 Å². The number of halogens is 2. The van der Waals surface area contributed by atoms with Crippen LogP contribution in [0.1, 0.15) is 0 Å². The van der Waals surface area contributed by atoms with E-state index < -0.39 is 0 Å². The van der Waals surface area contributed by atoms with Crippen LogP contribution in [0.4, 0.5) is 5.69 Å². The lowest BCUT2D eigenvalue weighted by atomic mass is 10.1. The van der Waals surface area contributed by atoms with E-state index in [9.17, 15) is 0 Å². The topological polar surface area (TPSA) is 54.7 Å². The minimum Gasteiger partial charge on any atom is -0.396 e. The minimum absolute atomic E-state index is 0.614. The predicted octanol–water partition coefficient (Wildman–Crippen LogP) is 3.07. The van der Waals surface area contributed by atoms with Crippen molar-refractivity contribution >= 4 is 33.2 Å². The van der Waals surface area contributed by atoms with Gasteiger partial charge in [0.25, 0.3) is 0 Å². The number of H-pyrrole nitrogens is 1. The third-order valence-corrected chi connectivity index (χ3v) is 3.11. The molecule has 3 N–H and O–H groups in total. The minimum atomic E-state index is 0.614. The van der Waals surface area contributed by atoms with E-state index in [-0.39, 0.29) is 0 Å². The van der Waals surface area contributed by atoms with Crippen LogP contribution < -0.4 is 5.73 Å². The van der Waals surface area contributed by atoms with Crippen molar-refractivity contribution < 1.29 is 0 Å². The van der Waals surface area contributed by atoms with Gasteiger partial charge in [-0.1, -0.05) is 17.7 Å². The van der Waals surface area contributed by atoms with Gasteiger partial charge >= 0.3 is 0 Å². The Labute approximate surface area is 94.4 Å². The van der Waals surface area contributed by atoms with Gasteiger partial charge in [0.1, 0.15) is 0 Å². The third kappa shape index (κ3) is 1.63. The summed E-state index contributed by atoms with van der Waals surface area (Å²) in [6.07, 6.45) is 1.57. The Morgan fingerprint density at radius 3 is 2.79 bits per heavy atom. The average molecular weight is 273 g/mol. The SMILES string of the molecule is Nc1cn[nH]c1-c1ccc(Br)c(Cl)c1. The first-order chi connectivity index (χ1) is 6.68. The second-order valence-corrected chi connectivity index (χ2v) is 4.09. The molecular formula is C9H7BrClN3. The van der Waals surface area contributed by atoms with Crippen molar-refractivity contribution in [2.24, 2.45) is 0 Å². The number of nitrogens with zero attached hydrogens (tertiary/aromatic N) is 1. The van der Waals surface area contributed by atoms with Crippen molar-refractivity contribution in [3.8, 4) is 11.3 Å². The third-order valence-electron chi connectivity index (χ3n) is 1.88. The Morgan fingerprint density at radius 1 is 1.43 bits per heavy atom. The number of nitrogen functional groups attached to an aromatic ring is 1. The summed E-state index contributed by atoms with van der Waals surface area (Å²) in [7, 11) is 0. The van der Waals surface area contributed by atoms with Crippen LogP contribution in [0.5, 0.6) is 0 Å². The van der Waals surface area contributed by atoms with Gasteiger partial charge in [0.15, 0.2) is 0 Å². The number of benzene rings is 1. The molecule has 0 aliphatic heterocycles. The largest absolute Gasteiger partial charge is 0.396 e. The Morgan fingerprint density at radius 2 is 2.21 bits per heavy atom. The summed E-state index contributed by atoms with van der Waals surface area (Å²) < 4.78 is 0.862. The Kier molecular flexibility index (Phi) is 2.48. The van der Waals surface area contributed by atoms with Crippen LogP contribution in [0.3, 0.4) is 0 Å². The van der Waals surface area contributed by atoms with Gasteiger partial charge in [0.05, 0.1) is 22.6 Å². The van der Waals surface area contributed by atoms with Crippen molar-refractivity contribution in [1.82, 2.24) is 10.2 Å². The van der Waals surface area contributed by atoms with Crippen LogP contribution >= 0.6 is 27.5 Å². The van der Waals surface area contributed by atoms with E-state index in [1.54, 1.807) is 6.20 Å². The maximum absolute atomic E-state index is 5.96. The molecule has 14 heavy (non-hydrogen) atoms. The lowest BCUT2D eigenvalue weighted by molar-refractivity contribution is 1.10. The number of aromatic amines is 1. The molecule has 0 radical (unpaired) electrons. The first-order valence-electron chi connectivity index (χ1n) is 3.93. The number of aromatic nitrogens is 2. The molecule has 0 fully saturated rings. The Hall–Kier alpha value is -1.000. The molecule has 5 heteroatoms. The van der Waals surface area contributed by atoms with E-state index in [1.807, 2.05) is 18.2 Å². The molecule has 1 aromatic carbocycles. The molecule has 1 aromatic heterocycles. The van der Waals surface area contributed by atoms with E-state index in [2.05, 4.69) is 26.1 Å². The van der Waals surface area contributed by atoms with Gasteiger partial charge < -0.3 is 5.73 Å². The number of hydrogen-bond donors (Lipinski definition) is 2. The zero-order valence-corrected chi connectivity index (χ0v) is 9.43. The number of anilines is 1. The molecule has 1 heterocycles. The van der Waals surface area contributed by atoms with Crippen molar-refractivity contribution in [1.29, 1.82) is 0 Å². The lowest BCUT2D eigenvalue weighted by Crippen LogP contribution is -1.86. The molecule has 0 unspecified atom stereocenters. The molecule has 0 aliphatic rings. The quantitative estimate of drug-likeness (QED) is 0.838. The van der Waals surface area contributed by atoms with E-state index in [0.29, 0.717) is 10.7 Å². The summed E-state index contributed by atoms with van der Waals surface area (Å²) in [6, 6.07) is 5.62. The van der Waals surface area contributed by atoms with E-state index in [4.69, 9.17) is 17.3 Å². The molecule has 0 saturated carbocycles. The standard InChI is InChI=1S/C9H7BrClN3/c10-6-2-1-5(3-7(6)11)9-8(12)4-13-14-9/h1-4H,12H2,(H,13,14). The van der Waals surface area contributed by atoms with Crippen LogP contribution in [-0.4, -0.2) is 10.2 Å². The van der Waals surface area contributed by atoms with E-state index >= 15 is 0 Å². The fourth-order valence-corrected chi connectivity index (χ4v) is 1.61. The molecule has 0 aliphatic carbocycles. The molecule has 3 nitrogen and oxygen atoms in total. The maximum atomic E-state index is 5.96. The fourth-order valence-electron chi connectivity index (χ4n) is 1.18. The summed E-state index contributed by atoms with van der Waals surface area (Å²) in [5, 5.41) is 7.31. The number of hydrogen-bond acceptors (Lipinski definition) is 2. The predicted molar refractivity (Wildman–Crippen MR) is 61.1 cm³/mol. The van der Waals surface area contributed by atoms with Gasteiger partial charge in [-0.2, -0.15) is 5.10 Å². The van der Waals surface area contributed by atoms with Gasteiger partial charge in [0, 0.05) is 10.0 Å². The fraction of sp³-hybridized carbons (Fsp3) is 0. The number of nitrogens with two attached hydrogens (primary N) is 1. The summed E-state index contributed by atoms with van der Waals surface area (Å²) >= 11 is 9.28. The van der Waals surface area contributed by atoms with E-state index in [1.165, 1.54) is 0 Å². The summed E-state index contributed by atoms with van der Waals surface area (Å²) in [6.45, 7) is 0. The molecule has 0 amide bonds. The highest BCUT2D eigenvalue weighted by atomic mass is 79.9. The second kappa shape index (κ2) is 3.63. The second-order valence-electron chi connectivity index (χ2n) is 2.83. The maximum Gasteiger partial charge on any atom is 0.0880 e. The molecule has 0 atom stereocenters. The molecule has 72 valence electrons. The highest BCUT2D eigenvalue weighted by Crippen LogP contribution is 2.29. The molecule has 0 spiro atoms. The Bertz CT molecular complexity index is 467.